The number of hydrogen-bond donors (Lipinski definition) is 2. The molecule has 2 N–H and O–H groups in total. The Morgan fingerprint density at radius 2 is 2.08 bits per heavy atom. The van der Waals surface area contributed by atoms with Gasteiger partial charge in [-0.3, -0.25) is 14.7 Å². The first-order chi connectivity index (χ1) is 11.5. The molecule has 7 nitrogen and oxygen atoms in total. The van der Waals surface area contributed by atoms with Gasteiger partial charge in [-0.15, -0.1) is 0 Å². The minimum atomic E-state index is -0.196. The molecule has 1 aliphatic rings. The summed E-state index contributed by atoms with van der Waals surface area (Å²) in [6.07, 6.45) is 2.01. The molecular formula is C17H22N4O3. The molecule has 1 saturated heterocycles. The SMILES string of the molecule is C[C@H]1CN(C(=O)CCNC(=O)c2cccc3[nH]ncc23)C[C@H](C)O1. The Morgan fingerprint density at radius 1 is 1.33 bits per heavy atom. The quantitative estimate of drug-likeness (QED) is 0.885. The maximum atomic E-state index is 12.3. The highest BCUT2D eigenvalue weighted by molar-refractivity contribution is 6.06. The number of hydrogen-bond acceptors (Lipinski definition) is 4. The van der Waals surface area contributed by atoms with Crippen LogP contribution in [-0.4, -0.2) is 58.8 Å². The minimum absolute atomic E-state index is 0.0406. The molecule has 1 aliphatic heterocycles. The van der Waals surface area contributed by atoms with E-state index in [4.69, 9.17) is 4.74 Å². The fourth-order valence-corrected chi connectivity index (χ4v) is 3.08. The van der Waals surface area contributed by atoms with Gasteiger partial charge in [-0.25, -0.2) is 0 Å². The Labute approximate surface area is 140 Å². The Kier molecular flexibility index (Phi) is 4.80. The summed E-state index contributed by atoms with van der Waals surface area (Å²) in [7, 11) is 0. The van der Waals surface area contributed by atoms with Crippen LogP contribution in [0, 0.1) is 0 Å². The van der Waals surface area contributed by atoms with Gasteiger partial charge in [-0.1, -0.05) is 6.07 Å². The first-order valence-corrected chi connectivity index (χ1v) is 8.18. The molecule has 0 saturated carbocycles. The standard InChI is InChI=1S/C17H22N4O3/c1-11-9-21(10-12(2)24-11)16(22)6-7-18-17(23)13-4-3-5-15-14(13)8-19-20-15/h3-5,8,11-12H,6-7,9-10H2,1-2H3,(H,18,23)(H,19,20)/t11-,12-/m0/s1. The third kappa shape index (κ3) is 3.56. The van der Waals surface area contributed by atoms with E-state index in [2.05, 4.69) is 15.5 Å². The molecule has 1 aromatic heterocycles. The summed E-state index contributed by atoms with van der Waals surface area (Å²) in [5, 5.41) is 10.4. The first kappa shape index (κ1) is 16.4. The molecule has 24 heavy (non-hydrogen) atoms. The molecule has 2 heterocycles. The summed E-state index contributed by atoms with van der Waals surface area (Å²) in [6.45, 7) is 5.44. The molecule has 0 aliphatic carbocycles. The number of morpholine rings is 1. The summed E-state index contributed by atoms with van der Waals surface area (Å²) < 4.78 is 5.63. The predicted molar refractivity (Wildman–Crippen MR) is 89.6 cm³/mol. The highest BCUT2D eigenvalue weighted by atomic mass is 16.5. The van der Waals surface area contributed by atoms with Gasteiger partial charge in [0.2, 0.25) is 5.91 Å². The smallest absolute Gasteiger partial charge is 0.252 e. The van der Waals surface area contributed by atoms with E-state index >= 15 is 0 Å². The number of aromatic nitrogens is 2. The van der Waals surface area contributed by atoms with Gasteiger partial charge in [-0.05, 0) is 26.0 Å². The number of rotatable bonds is 4. The highest BCUT2D eigenvalue weighted by Crippen LogP contribution is 2.16. The number of nitrogens with one attached hydrogen (secondary N) is 2. The van der Waals surface area contributed by atoms with Crippen molar-refractivity contribution in [2.45, 2.75) is 32.5 Å². The van der Waals surface area contributed by atoms with Gasteiger partial charge in [0.15, 0.2) is 0 Å². The zero-order valence-corrected chi connectivity index (χ0v) is 13.9. The lowest BCUT2D eigenvalue weighted by atomic mass is 10.1. The van der Waals surface area contributed by atoms with Crippen molar-refractivity contribution in [1.29, 1.82) is 0 Å². The highest BCUT2D eigenvalue weighted by Gasteiger charge is 2.25. The number of carbonyl (C=O) groups excluding carboxylic acids is 2. The number of ether oxygens (including phenoxy) is 1. The van der Waals surface area contributed by atoms with Crippen LogP contribution in [0.15, 0.2) is 24.4 Å². The monoisotopic (exact) mass is 330 g/mol. The Balaban J connectivity index is 1.53. The molecule has 1 fully saturated rings. The molecule has 2 atom stereocenters. The largest absolute Gasteiger partial charge is 0.372 e. The lowest BCUT2D eigenvalue weighted by Gasteiger charge is -2.35. The molecule has 1 aromatic carbocycles. The van der Waals surface area contributed by atoms with E-state index in [1.165, 1.54) is 0 Å². The summed E-state index contributed by atoms with van der Waals surface area (Å²) in [5.41, 5.74) is 1.37. The number of aromatic amines is 1. The number of H-pyrrole nitrogens is 1. The molecule has 2 aromatic rings. The van der Waals surface area contributed by atoms with Crippen LogP contribution in [0.25, 0.3) is 10.9 Å². The number of benzene rings is 1. The third-order valence-electron chi connectivity index (χ3n) is 4.13. The van der Waals surface area contributed by atoms with E-state index in [0.29, 0.717) is 25.2 Å². The van der Waals surface area contributed by atoms with Crippen LogP contribution < -0.4 is 5.32 Å². The van der Waals surface area contributed by atoms with Crippen LogP contribution in [0.3, 0.4) is 0 Å². The summed E-state index contributed by atoms with van der Waals surface area (Å²) >= 11 is 0. The average Bonchev–Trinajstić information content (AvgIpc) is 3.02. The van der Waals surface area contributed by atoms with Crippen molar-refractivity contribution >= 4 is 22.7 Å². The summed E-state index contributed by atoms with van der Waals surface area (Å²) in [5.74, 6) is -0.155. The van der Waals surface area contributed by atoms with E-state index in [1.54, 1.807) is 18.3 Å². The van der Waals surface area contributed by atoms with Gasteiger partial charge in [0, 0.05) is 31.4 Å². The topological polar surface area (TPSA) is 87.3 Å². The molecule has 0 unspecified atom stereocenters. The molecule has 0 radical (unpaired) electrons. The van der Waals surface area contributed by atoms with E-state index in [9.17, 15) is 9.59 Å². The molecule has 0 spiro atoms. The molecule has 128 valence electrons. The number of carbonyl (C=O) groups is 2. The first-order valence-electron chi connectivity index (χ1n) is 8.18. The average molecular weight is 330 g/mol. The second-order valence-corrected chi connectivity index (χ2v) is 6.20. The van der Waals surface area contributed by atoms with Crippen LogP contribution >= 0.6 is 0 Å². The maximum Gasteiger partial charge on any atom is 0.252 e. The van der Waals surface area contributed by atoms with E-state index in [0.717, 1.165) is 10.9 Å². The van der Waals surface area contributed by atoms with Crippen molar-refractivity contribution in [3.8, 4) is 0 Å². The second-order valence-electron chi connectivity index (χ2n) is 6.20. The van der Waals surface area contributed by atoms with Crippen molar-refractivity contribution in [3.63, 3.8) is 0 Å². The normalized spacial score (nSPS) is 21.0. The molecule has 2 amide bonds. The van der Waals surface area contributed by atoms with Crippen LogP contribution in [0.4, 0.5) is 0 Å². The number of amides is 2. The van der Waals surface area contributed by atoms with E-state index < -0.39 is 0 Å². The molecule has 0 bridgehead atoms. The van der Waals surface area contributed by atoms with Crippen molar-refractivity contribution in [2.24, 2.45) is 0 Å². The van der Waals surface area contributed by atoms with Crippen LogP contribution in [0.1, 0.15) is 30.6 Å². The predicted octanol–water partition coefficient (Wildman–Crippen LogP) is 1.32. The Bertz CT molecular complexity index is 732. The fraction of sp³-hybridized carbons (Fsp3) is 0.471. The Hall–Kier alpha value is -2.41. The molecule has 3 rings (SSSR count). The lowest BCUT2D eigenvalue weighted by Crippen LogP contribution is -2.48. The van der Waals surface area contributed by atoms with Gasteiger partial charge < -0.3 is 15.0 Å². The van der Waals surface area contributed by atoms with Crippen molar-refractivity contribution in [1.82, 2.24) is 20.4 Å². The van der Waals surface area contributed by atoms with Crippen molar-refractivity contribution < 1.29 is 14.3 Å². The maximum absolute atomic E-state index is 12.3. The van der Waals surface area contributed by atoms with E-state index in [-0.39, 0.29) is 30.4 Å². The van der Waals surface area contributed by atoms with Crippen LogP contribution in [0.2, 0.25) is 0 Å². The lowest BCUT2D eigenvalue weighted by molar-refractivity contribution is -0.143. The van der Waals surface area contributed by atoms with Crippen molar-refractivity contribution in [3.05, 3.63) is 30.0 Å². The Morgan fingerprint density at radius 3 is 2.83 bits per heavy atom. The zero-order chi connectivity index (χ0) is 17.1. The number of fused-ring (bicyclic) bond motifs is 1. The summed E-state index contributed by atoms with van der Waals surface area (Å²) in [6, 6.07) is 5.42. The van der Waals surface area contributed by atoms with Gasteiger partial charge in [0.05, 0.1) is 29.5 Å². The zero-order valence-electron chi connectivity index (χ0n) is 13.9. The van der Waals surface area contributed by atoms with Gasteiger partial charge in [0.1, 0.15) is 0 Å². The number of nitrogens with zero attached hydrogens (tertiary/aromatic N) is 2. The van der Waals surface area contributed by atoms with E-state index in [1.807, 2.05) is 24.8 Å². The van der Waals surface area contributed by atoms with Gasteiger partial charge >= 0.3 is 0 Å². The summed E-state index contributed by atoms with van der Waals surface area (Å²) in [4.78, 5) is 26.4. The molecular weight excluding hydrogens is 308 g/mol. The molecule has 7 heteroatoms. The second kappa shape index (κ2) is 7.00. The van der Waals surface area contributed by atoms with Gasteiger partial charge in [0.25, 0.3) is 5.91 Å². The minimum Gasteiger partial charge on any atom is -0.372 e. The van der Waals surface area contributed by atoms with Gasteiger partial charge in [-0.2, -0.15) is 5.10 Å². The fourth-order valence-electron chi connectivity index (χ4n) is 3.08. The van der Waals surface area contributed by atoms with Crippen LogP contribution in [0.5, 0.6) is 0 Å². The van der Waals surface area contributed by atoms with Crippen LogP contribution in [-0.2, 0) is 9.53 Å². The van der Waals surface area contributed by atoms with Crippen molar-refractivity contribution in [2.75, 3.05) is 19.6 Å². The third-order valence-corrected chi connectivity index (χ3v) is 4.13.